The van der Waals surface area contributed by atoms with Crippen molar-refractivity contribution in [3.63, 3.8) is 0 Å². The van der Waals surface area contributed by atoms with Gasteiger partial charge in [-0.1, -0.05) is 85.1 Å². The quantitative estimate of drug-likeness (QED) is 0.227. The molecule has 0 aromatic heterocycles. The molecule has 1 aromatic carbocycles. The van der Waals surface area contributed by atoms with E-state index in [2.05, 4.69) is 32.4 Å². The predicted molar refractivity (Wildman–Crippen MR) is 128 cm³/mol. The van der Waals surface area contributed by atoms with E-state index in [1.807, 2.05) is 6.07 Å². The van der Waals surface area contributed by atoms with Gasteiger partial charge in [0.05, 0.1) is 12.6 Å². The van der Waals surface area contributed by atoms with Crippen molar-refractivity contribution in [2.45, 2.75) is 115 Å². The number of benzene rings is 1. The molecule has 0 heterocycles. The fourth-order valence-electron chi connectivity index (χ4n) is 3.62. The van der Waals surface area contributed by atoms with E-state index >= 15 is 0 Å². The van der Waals surface area contributed by atoms with Gasteiger partial charge in [0, 0.05) is 0 Å². The molecule has 0 aliphatic rings. The van der Waals surface area contributed by atoms with Gasteiger partial charge in [-0.3, -0.25) is 0 Å². The van der Waals surface area contributed by atoms with Gasteiger partial charge in [0.25, 0.3) is 0 Å². The molecule has 0 fully saturated rings. The summed E-state index contributed by atoms with van der Waals surface area (Å²) in [7, 11) is -3.87. The largest absolute Gasteiger partial charge is 0.492 e. The lowest BCUT2D eigenvalue weighted by molar-refractivity contribution is -0.108. The topological polar surface area (TPSA) is 72.5 Å². The summed E-state index contributed by atoms with van der Waals surface area (Å²) in [4.78, 5) is 11.2. The minimum Gasteiger partial charge on any atom is -0.492 e. The van der Waals surface area contributed by atoms with E-state index in [-0.39, 0.29) is 10.3 Å². The van der Waals surface area contributed by atoms with Crippen LogP contribution in [0.15, 0.2) is 23.1 Å². The number of aldehydes is 1. The smallest absolute Gasteiger partial charge is 0.244 e. The minimum absolute atomic E-state index is 0.119. The van der Waals surface area contributed by atoms with E-state index in [9.17, 15) is 13.2 Å². The summed E-state index contributed by atoms with van der Waals surface area (Å²) in [6.07, 6.45) is 11.8. The predicted octanol–water partition coefficient (Wildman–Crippen LogP) is 6.15. The first kappa shape index (κ1) is 27.6. The molecule has 0 aliphatic carbocycles. The summed E-state index contributed by atoms with van der Waals surface area (Å²) < 4.78 is 34.4. The Morgan fingerprint density at radius 3 is 2.26 bits per heavy atom. The highest BCUT2D eigenvalue weighted by atomic mass is 32.2. The van der Waals surface area contributed by atoms with Crippen LogP contribution in [0.3, 0.4) is 0 Å². The molecular formula is C25H43NO4S. The molecule has 1 N–H and O–H groups in total. The number of unbranched alkanes of at least 4 members (excludes halogenated alkanes) is 7. The lowest BCUT2D eigenvalue weighted by atomic mass is 9.80. The fraction of sp³-hybridized carbons (Fsp3) is 0.720. The Bertz CT molecular complexity index is 759. The van der Waals surface area contributed by atoms with Crippen molar-refractivity contribution >= 4 is 16.3 Å². The summed E-state index contributed by atoms with van der Waals surface area (Å²) in [6, 6.07) is 4.68. The zero-order valence-electron chi connectivity index (χ0n) is 20.2. The molecule has 1 atom stereocenters. The molecular weight excluding hydrogens is 410 g/mol. The van der Waals surface area contributed by atoms with E-state index in [1.165, 1.54) is 32.6 Å². The molecule has 0 radical (unpaired) electrons. The van der Waals surface area contributed by atoms with Crippen LogP contribution in [0.5, 0.6) is 5.75 Å². The van der Waals surface area contributed by atoms with E-state index in [4.69, 9.17) is 4.74 Å². The van der Waals surface area contributed by atoms with Gasteiger partial charge in [-0.05, 0) is 42.9 Å². The summed E-state index contributed by atoms with van der Waals surface area (Å²) >= 11 is 0. The van der Waals surface area contributed by atoms with Crippen LogP contribution in [0.2, 0.25) is 0 Å². The Hall–Kier alpha value is -1.40. The first-order valence-electron chi connectivity index (χ1n) is 11.9. The highest BCUT2D eigenvalue weighted by Gasteiger charge is 2.27. The molecule has 0 bridgehead atoms. The van der Waals surface area contributed by atoms with Crippen LogP contribution >= 0.6 is 0 Å². The molecule has 5 nitrogen and oxygen atoms in total. The summed E-state index contributed by atoms with van der Waals surface area (Å²) in [5.41, 5.74) is 0.822. The number of hydrogen-bond donors (Lipinski definition) is 1. The Labute approximate surface area is 190 Å². The third-order valence-corrected chi connectivity index (χ3v) is 7.30. The van der Waals surface area contributed by atoms with Crippen molar-refractivity contribution in [1.29, 1.82) is 0 Å². The molecule has 178 valence electrons. The van der Waals surface area contributed by atoms with E-state index < -0.39 is 16.1 Å². The van der Waals surface area contributed by atoms with Crippen molar-refractivity contribution in [3.05, 3.63) is 23.8 Å². The average molecular weight is 454 g/mol. The van der Waals surface area contributed by atoms with E-state index in [1.54, 1.807) is 12.1 Å². The molecule has 6 heteroatoms. The van der Waals surface area contributed by atoms with E-state index in [0.29, 0.717) is 18.6 Å². The van der Waals surface area contributed by atoms with Gasteiger partial charge >= 0.3 is 0 Å². The maximum atomic E-state index is 13.0. The van der Waals surface area contributed by atoms with Crippen LogP contribution < -0.4 is 9.46 Å². The lowest BCUT2D eigenvalue weighted by Gasteiger charge is -2.26. The third-order valence-electron chi connectivity index (χ3n) is 5.72. The second kappa shape index (κ2) is 13.9. The maximum absolute atomic E-state index is 13.0. The van der Waals surface area contributed by atoms with Gasteiger partial charge in [-0.25, -0.2) is 13.1 Å². The Balaban J connectivity index is 3.04. The van der Waals surface area contributed by atoms with Gasteiger partial charge in [0.15, 0.2) is 0 Å². The normalized spacial score (nSPS) is 13.2. The summed E-state index contributed by atoms with van der Waals surface area (Å²) in [5.74, 6) is 0.354. The van der Waals surface area contributed by atoms with Crippen molar-refractivity contribution in [3.8, 4) is 5.75 Å². The van der Waals surface area contributed by atoms with Crippen LogP contribution in [0, 0.1) is 0 Å². The minimum atomic E-state index is -3.87. The molecule has 0 saturated heterocycles. The van der Waals surface area contributed by atoms with E-state index in [0.717, 1.165) is 44.1 Å². The van der Waals surface area contributed by atoms with Crippen LogP contribution in [-0.4, -0.2) is 27.4 Å². The maximum Gasteiger partial charge on any atom is 0.244 e. The highest BCUT2D eigenvalue weighted by Crippen LogP contribution is 2.34. The number of rotatable bonds is 17. The van der Waals surface area contributed by atoms with Crippen molar-refractivity contribution in [2.75, 3.05) is 6.61 Å². The van der Waals surface area contributed by atoms with Crippen molar-refractivity contribution in [1.82, 2.24) is 4.72 Å². The van der Waals surface area contributed by atoms with Crippen molar-refractivity contribution in [2.24, 2.45) is 0 Å². The zero-order valence-corrected chi connectivity index (χ0v) is 21.0. The number of hydrogen-bond acceptors (Lipinski definition) is 4. The molecule has 0 spiro atoms. The molecule has 1 unspecified atom stereocenters. The molecule has 1 aromatic rings. The second-order valence-electron chi connectivity index (χ2n) is 9.16. The molecule has 0 amide bonds. The summed E-state index contributed by atoms with van der Waals surface area (Å²) in [6.45, 7) is 10.7. The Kier molecular flexibility index (Phi) is 12.4. The molecule has 0 saturated carbocycles. The van der Waals surface area contributed by atoms with Gasteiger partial charge in [0.2, 0.25) is 10.0 Å². The van der Waals surface area contributed by atoms with Crippen LogP contribution in [-0.2, 0) is 20.2 Å². The third kappa shape index (κ3) is 9.73. The number of carbonyl (C=O) groups excluding carboxylic acids is 1. The number of ether oxygens (including phenoxy) is 1. The molecule has 0 aliphatic heterocycles. The monoisotopic (exact) mass is 453 g/mol. The summed E-state index contributed by atoms with van der Waals surface area (Å²) in [5, 5.41) is 0. The number of nitrogens with one attached hydrogen (secondary N) is 1. The fourth-order valence-corrected chi connectivity index (χ4v) is 4.97. The van der Waals surface area contributed by atoms with Crippen molar-refractivity contribution < 1.29 is 17.9 Å². The highest BCUT2D eigenvalue weighted by molar-refractivity contribution is 7.89. The van der Waals surface area contributed by atoms with Gasteiger partial charge in [-0.2, -0.15) is 0 Å². The zero-order chi connectivity index (χ0) is 23.3. The van der Waals surface area contributed by atoms with Crippen LogP contribution in [0.4, 0.5) is 0 Å². The number of sulfonamides is 1. The first-order chi connectivity index (χ1) is 14.7. The lowest BCUT2D eigenvalue weighted by Crippen LogP contribution is -2.34. The van der Waals surface area contributed by atoms with Gasteiger partial charge in [-0.15, -0.1) is 0 Å². The van der Waals surface area contributed by atoms with Gasteiger partial charge < -0.3 is 9.53 Å². The molecule has 31 heavy (non-hydrogen) atoms. The second-order valence-corrected chi connectivity index (χ2v) is 10.8. The Morgan fingerprint density at radius 1 is 1.00 bits per heavy atom. The SMILES string of the molecule is CCCCCCCCOc1ccc(C(C)(C)CCCCC)cc1S(=O)(=O)NC(C)C=O. The first-order valence-corrected chi connectivity index (χ1v) is 13.4. The van der Waals surface area contributed by atoms with Gasteiger partial charge in [0.1, 0.15) is 16.9 Å². The van der Waals surface area contributed by atoms with Crippen LogP contribution in [0.25, 0.3) is 0 Å². The molecule has 1 rings (SSSR count). The number of carbonyl (C=O) groups is 1. The standard InChI is InChI=1S/C25H43NO4S/c1-6-8-10-11-12-14-18-30-23-16-15-22(25(4,5)17-13-9-7-2)19-24(23)31(28,29)26-21(3)20-27/h15-16,19-21,26H,6-14,17-18H2,1-5H3. The average Bonchev–Trinajstić information content (AvgIpc) is 2.72. The Morgan fingerprint density at radius 2 is 1.61 bits per heavy atom. The van der Waals surface area contributed by atoms with Crippen LogP contribution in [0.1, 0.15) is 104 Å².